The molecule has 1 heterocycles. The van der Waals surface area contributed by atoms with Crippen molar-refractivity contribution >= 4 is 5.97 Å². The number of benzene rings is 1. The smallest absolute Gasteiger partial charge is 0.310 e. The predicted octanol–water partition coefficient (Wildman–Crippen LogP) is 1.64. The topological polar surface area (TPSA) is 48.0 Å². The molecule has 1 atom stereocenters. The standard InChI is InChI=1S/C16H22FNO4/c1-12(11-18-5-7-21-8-6-18)22-14-4-3-13(15(17)10-14)9-16(19)20-2/h3-4,10,12H,5-9,11H2,1-2H3. The Bertz CT molecular complexity index is 503. The summed E-state index contributed by atoms with van der Waals surface area (Å²) in [6.45, 7) is 5.98. The summed E-state index contributed by atoms with van der Waals surface area (Å²) < 4.78 is 29.5. The van der Waals surface area contributed by atoms with Crippen molar-refractivity contribution in [1.82, 2.24) is 4.90 Å². The van der Waals surface area contributed by atoms with Crippen LogP contribution in [-0.4, -0.2) is 56.9 Å². The Morgan fingerprint density at radius 2 is 2.14 bits per heavy atom. The lowest BCUT2D eigenvalue weighted by Gasteiger charge is -2.29. The molecule has 6 heteroatoms. The fourth-order valence-corrected chi connectivity index (χ4v) is 2.39. The molecule has 0 amide bonds. The molecular weight excluding hydrogens is 289 g/mol. The van der Waals surface area contributed by atoms with E-state index in [-0.39, 0.29) is 12.5 Å². The van der Waals surface area contributed by atoms with E-state index in [0.717, 1.165) is 32.8 Å². The van der Waals surface area contributed by atoms with Crippen LogP contribution in [0.5, 0.6) is 5.75 Å². The van der Waals surface area contributed by atoms with Crippen molar-refractivity contribution in [2.45, 2.75) is 19.4 Å². The summed E-state index contributed by atoms with van der Waals surface area (Å²) >= 11 is 0. The van der Waals surface area contributed by atoms with Crippen LogP contribution in [0, 0.1) is 5.82 Å². The van der Waals surface area contributed by atoms with Gasteiger partial charge in [0.1, 0.15) is 17.7 Å². The summed E-state index contributed by atoms with van der Waals surface area (Å²) in [5.74, 6) is -0.457. The van der Waals surface area contributed by atoms with E-state index < -0.39 is 11.8 Å². The molecule has 0 aliphatic carbocycles. The minimum Gasteiger partial charge on any atom is -0.489 e. The molecule has 1 saturated heterocycles. The van der Waals surface area contributed by atoms with Gasteiger partial charge in [-0.3, -0.25) is 9.69 Å². The maximum Gasteiger partial charge on any atom is 0.310 e. The molecule has 0 N–H and O–H groups in total. The maximum absolute atomic E-state index is 13.9. The summed E-state index contributed by atoms with van der Waals surface area (Å²) in [5, 5.41) is 0. The largest absolute Gasteiger partial charge is 0.489 e. The van der Waals surface area contributed by atoms with Crippen molar-refractivity contribution in [3.63, 3.8) is 0 Å². The zero-order valence-corrected chi connectivity index (χ0v) is 13.0. The van der Waals surface area contributed by atoms with E-state index in [4.69, 9.17) is 9.47 Å². The Morgan fingerprint density at radius 3 is 2.77 bits per heavy atom. The minimum absolute atomic E-state index is 0.0519. The van der Waals surface area contributed by atoms with Crippen LogP contribution < -0.4 is 4.74 Å². The Labute approximate surface area is 130 Å². The number of hydrogen-bond acceptors (Lipinski definition) is 5. The number of nitrogens with zero attached hydrogens (tertiary/aromatic N) is 1. The van der Waals surface area contributed by atoms with Gasteiger partial charge in [0, 0.05) is 25.7 Å². The molecule has 1 aromatic carbocycles. The number of ether oxygens (including phenoxy) is 3. The van der Waals surface area contributed by atoms with Gasteiger partial charge in [-0.25, -0.2) is 4.39 Å². The first-order valence-corrected chi connectivity index (χ1v) is 7.40. The zero-order valence-electron chi connectivity index (χ0n) is 13.0. The first-order chi connectivity index (χ1) is 10.6. The van der Waals surface area contributed by atoms with Crippen LogP contribution in [-0.2, 0) is 20.7 Å². The third-order valence-corrected chi connectivity index (χ3v) is 3.54. The molecule has 0 saturated carbocycles. The van der Waals surface area contributed by atoms with Crippen molar-refractivity contribution in [2.75, 3.05) is 40.0 Å². The predicted molar refractivity (Wildman–Crippen MR) is 79.5 cm³/mol. The van der Waals surface area contributed by atoms with Crippen LogP contribution >= 0.6 is 0 Å². The van der Waals surface area contributed by atoms with Crippen molar-refractivity contribution < 1.29 is 23.4 Å². The molecule has 22 heavy (non-hydrogen) atoms. The number of hydrogen-bond donors (Lipinski definition) is 0. The molecule has 1 aliphatic rings. The van der Waals surface area contributed by atoms with Crippen LogP contribution in [0.1, 0.15) is 12.5 Å². The number of esters is 1. The van der Waals surface area contributed by atoms with Crippen molar-refractivity contribution in [2.24, 2.45) is 0 Å². The lowest BCUT2D eigenvalue weighted by molar-refractivity contribution is -0.139. The molecule has 0 radical (unpaired) electrons. The maximum atomic E-state index is 13.9. The van der Waals surface area contributed by atoms with Gasteiger partial charge in [0.2, 0.25) is 0 Å². The second kappa shape index (κ2) is 8.10. The summed E-state index contributed by atoms with van der Waals surface area (Å²) in [7, 11) is 1.28. The Kier molecular flexibility index (Phi) is 6.15. The third kappa shape index (κ3) is 4.96. The van der Waals surface area contributed by atoms with Crippen molar-refractivity contribution in [3.8, 4) is 5.75 Å². The van der Waals surface area contributed by atoms with Crippen LogP contribution in [0.15, 0.2) is 18.2 Å². The highest BCUT2D eigenvalue weighted by atomic mass is 19.1. The fourth-order valence-electron chi connectivity index (χ4n) is 2.39. The number of carbonyl (C=O) groups excluding carboxylic acids is 1. The summed E-state index contributed by atoms with van der Waals surface area (Å²) in [6, 6.07) is 4.55. The molecular formula is C16H22FNO4. The van der Waals surface area contributed by atoms with Gasteiger partial charge in [0.15, 0.2) is 0 Å². The molecule has 0 aromatic heterocycles. The second-order valence-electron chi connectivity index (χ2n) is 5.35. The molecule has 1 unspecified atom stereocenters. The molecule has 5 nitrogen and oxygen atoms in total. The average molecular weight is 311 g/mol. The average Bonchev–Trinajstić information content (AvgIpc) is 2.50. The van der Waals surface area contributed by atoms with E-state index in [9.17, 15) is 9.18 Å². The van der Waals surface area contributed by atoms with Gasteiger partial charge >= 0.3 is 5.97 Å². The molecule has 0 spiro atoms. The molecule has 1 aliphatic heterocycles. The summed E-state index contributed by atoms with van der Waals surface area (Å²) in [4.78, 5) is 13.4. The van der Waals surface area contributed by atoms with Gasteiger partial charge < -0.3 is 14.2 Å². The first-order valence-electron chi connectivity index (χ1n) is 7.40. The van der Waals surface area contributed by atoms with Gasteiger partial charge in [-0.15, -0.1) is 0 Å². The van der Waals surface area contributed by atoms with Gasteiger partial charge in [-0.2, -0.15) is 0 Å². The van der Waals surface area contributed by atoms with Crippen LogP contribution in [0.3, 0.4) is 0 Å². The number of methoxy groups -OCH3 is 1. The van der Waals surface area contributed by atoms with E-state index in [1.54, 1.807) is 12.1 Å². The number of halogens is 1. The number of rotatable bonds is 6. The van der Waals surface area contributed by atoms with Crippen LogP contribution in [0.4, 0.5) is 4.39 Å². The van der Waals surface area contributed by atoms with E-state index in [0.29, 0.717) is 11.3 Å². The van der Waals surface area contributed by atoms with E-state index in [2.05, 4.69) is 9.64 Å². The van der Waals surface area contributed by atoms with Crippen molar-refractivity contribution in [3.05, 3.63) is 29.6 Å². The second-order valence-corrected chi connectivity index (χ2v) is 5.35. The highest BCUT2D eigenvalue weighted by molar-refractivity contribution is 5.72. The molecule has 122 valence electrons. The van der Waals surface area contributed by atoms with Gasteiger partial charge in [-0.05, 0) is 18.6 Å². The van der Waals surface area contributed by atoms with Crippen LogP contribution in [0.2, 0.25) is 0 Å². The Hall–Kier alpha value is -1.66. The Balaban J connectivity index is 1.89. The fraction of sp³-hybridized carbons (Fsp3) is 0.562. The zero-order chi connectivity index (χ0) is 15.9. The molecule has 0 bridgehead atoms. The van der Waals surface area contributed by atoms with Crippen LogP contribution in [0.25, 0.3) is 0 Å². The normalized spacial score (nSPS) is 17.0. The minimum atomic E-state index is -0.465. The third-order valence-electron chi connectivity index (χ3n) is 3.54. The van der Waals surface area contributed by atoms with Gasteiger partial charge in [0.25, 0.3) is 0 Å². The van der Waals surface area contributed by atoms with Gasteiger partial charge in [-0.1, -0.05) is 6.07 Å². The number of carbonyl (C=O) groups is 1. The highest BCUT2D eigenvalue weighted by Gasteiger charge is 2.15. The summed E-state index contributed by atoms with van der Waals surface area (Å²) in [6.07, 6.45) is -0.129. The highest BCUT2D eigenvalue weighted by Crippen LogP contribution is 2.19. The Morgan fingerprint density at radius 1 is 1.41 bits per heavy atom. The lowest BCUT2D eigenvalue weighted by atomic mass is 10.1. The SMILES string of the molecule is COC(=O)Cc1ccc(OC(C)CN2CCOCC2)cc1F. The lowest BCUT2D eigenvalue weighted by Crippen LogP contribution is -2.41. The summed E-state index contributed by atoms with van der Waals surface area (Å²) in [5.41, 5.74) is 0.306. The van der Waals surface area contributed by atoms with E-state index in [1.165, 1.54) is 13.2 Å². The molecule has 1 aromatic rings. The van der Waals surface area contributed by atoms with Gasteiger partial charge in [0.05, 0.1) is 26.7 Å². The van der Waals surface area contributed by atoms with E-state index >= 15 is 0 Å². The van der Waals surface area contributed by atoms with E-state index in [1.807, 2.05) is 6.92 Å². The molecule has 1 fully saturated rings. The van der Waals surface area contributed by atoms with Crippen molar-refractivity contribution in [1.29, 1.82) is 0 Å². The molecule has 2 rings (SSSR count). The first kappa shape index (κ1) is 16.7. The number of morpholine rings is 1. The monoisotopic (exact) mass is 311 g/mol. The quantitative estimate of drug-likeness (QED) is 0.748.